The van der Waals surface area contributed by atoms with Crippen molar-refractivity contribution in [2.75, 3.05) is 19.8 Å². The molecule has 0 radical (unpaired) electrons. The van der Waals surface area contributed by atoms with Crippen molar-refractivity contribution in [3.8, 4) is 0 Å². The van der Waals surface area contributed by atoms with Gasteiger partial charge in [0.15, 0.2) is 31.1 Å². The zero-order valence-corrected chi connectivity index (χ0v) is 70.4. The SMILES string of the molecule is CC(C)(C)[Si](OCC1OC(OC2C(OCc3ccccc3)OC(COC3OC(COCc4ccccc4)C(OCc4ccccc4)C(OCc4ccccc4)C3OC(=O)c3ccccc3)C(OCc3ccccc3)C2OCc2ccccc2)C(OC(=O)c2ccccc2)C(OCc2ccccc2)C1OCc1ccccc1)(c1ccccc1)c1ccccc1. The Labute approximate surface area is 721 Å². The first-order valence-electron chi connectivity index (χ1n) is 42.2. The molecule has 0 saturated carbocycles. The summed E-state index contributed by atoms with van der Waals surface area (Å²) < 4.78 is 118. The third-order valence-electron chi connectivity index (χ3n) is 22.2. The van der Waals surface area contributed by atoms with Crippen LogP contribution >= 0.6 is 0 Å². The fourth-order valence-electron chi connectivity index (χ4n) is 16.0. The minimum absolute atomic E-state index is 0.0102. The van der Waals surface area contributed by atoms with Gasteiger partial charge in [-0.15, -0.1) is 0 Å². The number of ether oxygens (including phenoxy) is 15. The highest BCUT2D eigenvalue weighted by atomic mass is 28.4. The van der Waals surface area contributed by atoms with Crippen LogP contribution in [0.1, 0.15) is 86.0 Å². The molecule has 19 heteroatoms. The van der Waals surface area contributed by atoms with E-state index in [4.69, 9.17) is 75.5 Å². The molecule has 3 aliphatic heterocycles. The first kappa shape index (κ1) is 87.1. The lowest BCUT2D eigenvalue weighted by atomic mass is 9.95. The van der Waals surface area contributed by atoms with Crippen LogP contribution in [-0.4, -0.2) is 132 Å². The van der Waals surface area contributed by atoms with Gasteiger partial charge in [0.2, 0.25) is 0 Å². The molecule has 0 aliphatic carbocycles. The van der Waals surface area contributed by atoms with Crippen molar-refractivity contribution in [1.29, 1.82) is 0 Å². The Morgan fingerprint density at radius 2 is 0.512 bits per heavy atom. The highest BCUT2D eigenvalue weighted by Gasteiger charge is 2.59. The molecular formula is C104H106O18Si. The molecule has 12 aromatic carbocycles. The molecule has 12 aromatic rings. The largest absolute Gasteiger partial charge is 0.450 e. The summed E-state index contributed by atoms with van der Waals surface area (Å²) in [7, 11) is -3.42. The molecule has 18 nitrogen and oxygen atoms in total. The average Bonchev–Trinajstić information content (AvgIpc) is 0.738. The number of rotatable bonds is 39. The fraction of sp³-hybridized carbons (Fsp3) is 0.288. The molecular weight excluding hydrogens is 1570 g/mol. The maximum atomic E-state index is 15.5. The van der Waals surface area contributed by atoms with Crippen LogP contribution in [0, 0.1) is 0 Å². The summed E-state index contributed by atoms with van der Waals surface area (Å²) >= 11 is 0. The molecule has 123 heavy (non-hydrogen) atoms. The highest BCUT2D eigenvalue weighted by molar-refractivity contribution is 6.99. The average molecular weight is 1670 g/mol. The standard InChI is InChI=1S/C104H106O18Si/c1-104(2,3)123(85-60-36-14-37-61-85,86-62-38-15-39-63-86)116-74-89-92(110-67-78-46-22-7-23-47-78)95(113-70-81-52-28-10-29-53-81)98(121-100(106)84-58-34-13-35-59-84)103(119-89)122-97-94(112-69-80-50-26-9-27-51-80)91(109-66-77-44-20-6-21-45-77)88(118-102(97)114-71-82-54-30-11-31-55-82)73-115-101-96(120-99(105)83-56-32-12-33-57-83)93(111-68-79-48-24-8-25-49-79)90(108-65-76-42-18-5-19-43-76)87(117-101)72-107-64-75-40-16-4-17-41-75/h4-63,87-98,101-103H,64-74H2,1-3H3. The Kier molecular flexibility index (Phi) is 31.2. The van der Waals surface area contributed by atoms with E-state index in [1.165, 1.54) is 0 Å². The Balaban J connectivity index is 0.868. The van der Waals surface area contributed by atoms with Crippen LogP contribution in [0.25, 0.3) is 0 Å². The minimum Gasteiger partial charge on any atom is -0.450 e. The lowest BCUT2D eigenvalue weighted by molar-refractivity contribution is -0.383. The van der Waals surface area contributed by atoms with Crippen LogP contribution in [0.2, 0.25) is 5.04 Å². The minimum atomic E-state index is -3.42. The van der Waals surface area contributed by atoms with E-state index < -0.39 is 117 Å². The van der Waals surface area contributed by atoms with E-state index in [0.29, 0.717) is 0 Å². The lowest BCUT2D eigenvalue weighted by Gasteiger charge is -2.51. The predicted molar refractivity (Wildman–Crippen MR) is 469 cm³/mol. The van der Waals surface area contributed by atoms with Crippen LogP contribution in [0.3, 0.4) is 0 Å². The number of hydrogen-bond donors (Lipinski definition) is 0. The van der Waals surface area contributed by atoms with Crippen LogP contribution in [0.4, 0.5) is 0 Å². The molecule has 0 amide bonds. The molecule has 0 spiro atoms. The van der Waals surface area contributed by atoms with Gasteiger partial charge < -0.3 is 75.5 Å². The van der Waals surface area contributed by atoms with E-state index in [1.54, 1.807) is 48.5 Å². The van der Waals surface area contributed by atoms with Gasteiger partial charge in [-0.25, -0.2) is 9.59 Å². The van der Waals surface area contributed by atoms with Crippen LogP contribution in [0.5, 0.6) is 0 Å². The summed E-state index contributed by atoms with van der Waals surface area (Å²) in [6.45, 7) is 6.87. The van der Waals surface area contributed by atoms with Gasteiger partial charge >= 0.3 is 11.9 Å². The maximum absolute atomic E-state index is 15.5. The number of hydrogen-bond acceptors (Lipinski definition) is 18. The highest BCUT2D eigenvalue weighted by Crippen LogP contribution is 2.42. The zero-order chi connectivity index (χ0) is 84.3. The number of benzene rings is 12. The van der Waals surface area contributed by atoms with Gasteiger partial charge in [-0.1, -0.05) is 360 Å². The molecule has 15 unspecified atom stereocenters. The molecule has 15 rings (SSSR count). The van der Waals surface area contributed by atoms with E-state index in [1.807, 2.05) is 267 Å². The predicted octanol–water partition coefficient (Wildman–Crippen LogP) is 17.5. The third-order valence-corrected chi connectivity index (χ3v) is 27.2. The molecule has 0 aromatic heterocycles. The second-order valence-corrected chi connectivity index (χ2v) is 36.2. The zero-order valence-electron chi connectivity index (χ0n) is 69.4. The van der Waals surface area contributed by atoms with Gasteiger partial charge in [0.1, 0.15) is 61.0 Å². The first-order valence-corrected chi connectivity index (χ1v) is 44.1. The topological polar surface area (TPSA) is 182 Å². The van der Waals surface area contributed by atoms with Crippen molar-refractivity contribution < 1.29 is 85.1 Å². The molecule has 0 N–H and O–H groups in total. The maximum Gasteiger partial charge on any atom is 0.338 e. The second-order valence-electron chi connectivity index (χ2n) is 31.9. The fourth-order valence-corrected chi connectivity index (χ4v) is 20.6. The van der Waals surface area contributed by atoms with E-state index >= 15 is 9.59 Å². The van der Waals surface area contributed by atoms with Gasteiger partial charge in [-0.05, 0) is 84.2 Å². The summed E-state index contributed by atoms with van der Waals surface area (Å²) in [4.78, 5) is 30.5. The van der Waals surface area contributed by atoms with Crippen molar-refractivity contribution in [1.82, 2.24) is 0 Å². The summed E-state index contributed by atoms with van der Waals surface area (Å²) in [6.07, 6.45) is -18.3. The number of esters is 2. The van der Waals surface area contributed by atoms with Crippen LogP contribution in [0.15, 0.2) is 364 Å². The van der Waals surface area contributed by atoms with Crippen molar-refractivity contribution in [2.45, 2.75) is 171 Å². The monoisotopic (exact) mass is 1670 g/mol. The Morgan fingerprint density at radius 3 is 0.846 bits per heavy atom. The first-order chi connectivity index (χ1) is 60.5. The van der Waals surface area contributed by atoms with Crippen molar-refractivity contribution in [2.24, 2.45) is 0 Å². The Hall–Kier alpha value is -10.8. The molecule has 3 fully saturated rings. The van der Waals surface area contributed by atoms with Crippen LogP contribution < -0.4 is 10.4 Å². The molecule has 0 bridgehead atoms. The third kappa shape index (κ3) is 23.4. The lowest BCUT2D eigenvalue weighted by Crippen LogP contribution is -2.69. The summed E-state index contributed by atoms with van der Waals surface area (Å²) in [5.41, 5.74) is 7.38. The normalized spacial score (nSPS) is 22.9. The van der Waals surface area contributed by atoms with Crippen LogP contribution in [-0.2, 0) is 128 Å². The Morgan fingerprint density at radius 1 is 0.260 bits per heavy atom. The number of carbonyl (C=O) groups is 2. The molecule has 3 heterocycles. The van der Waals surface area contributed by atoms with Gasteiger partial charge in [0, 0.05) is 0 Å². The van der Waals surface area contributed by atoms with E-state index in [9.17, 15) is 0 Å². The van der Waals surface area contributed by atoms with Gasteiger partial charge in [-0.3, -0.25) is 0 Å². The summed E-state index contributed by atoms with van der Waals surface area (Å²) in [5.74, 6) is -1.35. The van der Waals surface area contributed by atoms with Crippen molar-refractivity contribution in [3.05, 3.63) is 420 Å². The van der Waals surface area contributed by atoms with E-state index in [-0.39, 0.29) is 83.8 Å². The smallest absolute Gasteiger partial charge is 0.338 e. The summed E-state index contributed by atoms with van der Waals surface area (Å²) in [6, 6.07) is 117. The Bertz CT molecular complexity index is 5030. The number of carbonyl (C=O) groups excluding carboxylic acids is 2. The summed E-state index contributed by atoms with van der Waals surface area (Å²) in [5, 5.41) is 1.58. The van der Waals surface area contributed by atoms with E-state index in [0.717, 1.165) is 54.9 Å². The van der Waals surface area contributed by atoms with E-state index in [2.05, 4.69) is 69.3 Å². The molecule has 3 saturated heterocycles. The quantitative estimate of drug-likeness (QED) is 0.0262. The van der Waals surface area contributed by atoms with Crippen molar-refractivity contribution >= 4 is 30.6 Å². The molecule has 634 valence electrons. The molecule has 15 atom stereocenters. The second kappa shape index (κ2) is 44.0. The van der Waals surface area contributed by atoms with Crippen molar-refractivity contribution in [3.63, 3.8) is 0 Å². The van der Waals surface area contributed by atoms with Gasteiger partial charge in [0.25, 0.3) is 8.32 Å². The molecule has 3 aliphatic rings. The van der Waals surface area contributed by atoms with Gasteiger partial charge in [-0.2, -0.15) is 0 Å². The van der Waals surface area contributed by atoms with Gasteiger partial charge in [0.05, 0.1) is 83.8 Å².